The number of aromatic nitrogens is 1. The Hall–Kier alpha value is -10.9. The minimum Gasteiger partial charge on any atom is -0.457 e. The fourth-order valence-electron chi connectivity index (χ4n) is 14.5. The zero-order valence-corrected chi connectivity index (χ0v) is 45.1. The van der Waals surface area contributed by atoms with Crippen molar-refractivity contribution in [3.05, 3.63) is 325 Å². The van der Waals surface area contributed by atoms with E-state index in [1.165, 1.54) is 0 Å². The first-order chi connectivity index (χ1) is 45.0. The van der Waals surface area contributed by atoms with E-state index in [-0.39, 0.29) is 33.9 Å². The van der Waals surface area contributed by atoms with Crippen LogP contribution in [0.2, 0.25) is 0 Å². The number of nitrogens with zero attached hydrogens (tertiary/aromatic N) is 3. The van der Waals surface area contributed by atoms with Crippen molar-refractivity contribution in [3.63, 3.8) is 0 Å². The summed E-state index contributed by atoms with van der Waals surface area (Å²) in [6.07, 6.45) is 0. The average molecular weight is 1080 g/mol. The molecule has 84 heavy (non-hydrogen) atoms. The third kappa shape index (κ3) is 6.55. The molecule has 3 aliphatic heterocycles. The van der Waals surface area contributed by atoms with Gasteiger partial charge < -0.3 is 19.1 Å². The minimum absolute atomic E-state index is 0.00280. The van der Waals surface area contributed by atoms with Gasteiger partial charge in [-0.05, 0) is 109 Å². The molecule has 0 unspecified atom stereocenters. The number of hydrogen-bond acceptors (Lipinski definition) is 3. The van der Waals surface area contributed by atoms with Crippen LogP contribution in [0.3, 0.4) is 0 Å². The Morgan fingerprint density at radius 3 is 1.40 bits per heavy atom. The first-order valence-corrected chi connectivity index (χ1v) is 28.5. The zero-order chi connectivity index (χ0) is 62.0. The lowest BCUT2D eigenvalue weighted by molar-refractivity contribution is 0.437. The van der Waals surface area contributed by atoms with E-state index in [9.17, 15) is 8.22 Å². The largest absolute Gasteiger partial charge is 0.457 e. The van der Waals surface area contributed by atoms with Gasteiger partial charge in [-0.25, -0.2) is 0 Å². The highest BCUT2D eigenvalue weighted by atomic mass is 16.5. The molecule has 0 fully saturated rings. The van der Waals surface area contributed by atoms with Gasteiger partial charge in [0.2, 0.25) is 0 Å². The summed E-state index contributed by atoms with van der Waals surface area (Å²) in [5.41, 5.74) is 20.1. The van der Waals surface area contributed by atoms with E-state index in [0.717, 1.165) is 123 Å². The molecule has 0 saturated heterocycles. The van der Waals surface area contributed by atoms with E-state index in [2.05, 4.69) is 216 Å². The smallest absolute Gasteiger partial charge is 0.252 e. The predicted octanol–water partition coefficient (Wildman–Crippen LogP) is 18.3. The average Bonchev–Trinajstić information content (AvgIpc) is 1.02. The van der Waals surface area contributed by atoms with Crippen LogP contribution < -0.4 is 30.9 Å². The normalized spacial score (nSPS) is 14.9. The van der Waals surface area contributed by atoms with Gasteiger partial charge in [0.25, 0.3) is 6.71 Å². The van der Waals surface area contributed by atoms with Crippen molar-refractivity contribution in [1.82, 2.24) is 4.57 Å². The molecule has 0 bridgehead atoms. The zero-order valence-electron chi connectivity index (χ0n) is 53.1. The van der Waals surface area contributed by atoms with Gasteiger partial charge in [-0.15, -0.1) is 0 Å². The number of rotatable bonds is 6. The van der Waals surface area contributed by atoms with Gasteiger partial charge in [-0.1, -0.05) is 249 Å². The molecule has 4 nitrogen and oxygen atoms in total. The van der Waals surface area contributed by atoms with Crippen molar-refractivity contribution in [2.24, 2.45) is 0 Å². The third-order valence-electron chi connectivity index (χ3n) is 17.9. The second-order valence-electron chi connectivity index (χ2n) is 22.0. The van der Waals surface area contributed by atoms with E-state index >= 15 is 0 Å². The first-order valence-electron chi connectivity index (χ1n) is 32.5. The van der Waals surface area contributed by atoms with Crippen molar-refractivity contribution in [1.29, 1.82) is 0 Å². The number of benzene rings is 13. The summed E-state index contributed by atoms with van der Waals surface area (Å²) < 4.78 is 84.5. The SMILES string of the molecule is [2H]c1c([2H])c([2H])c2c(c1[2H])c1c([2H])c([2H])c([2H])c([2H])c1n2-c1cc2c3c(c1)N(c1ccccc1-c1ccccc1)c1cc4c(cc1B3c1cc(-c3ccccc3)ccc1N2c1ccccc1-c1ccccc1)C1(c2ccccc2O4)c2ccccc2-c2ccccc21. The standard InChI is InChI=1S/C79H50BN3O/c1-4-24-51(25-5-1)54-44-45-72-66(46-54)80-67-49-65-77(84-76-43-23-18-38-64(76)79(65)62-36-16-10-32-58(62)59-33-11-17-37-63(59)79)50-73(67)83(69-40-20-13-31-57(69)53-28-8-3-9-29-53)75-48-55(81-70-41-21-14-34-60(70)61-35-15-22-42-71(61)81)47-74(78(75)80)82(72)68-39-19-12-30-56(68)52-26-6-2-7-27-52/h1-50H/i14D,15D,21D,22D,34D,35D,41D,42D. The Balaban J connectivity index is 1.05. The molecule has 0 amide bonds. The number of anilines is 6. The molecule has 4 heterocycles. The Kier molecular flexibility index (Phi) is 8.50. The van der Waals surface area contributed by atoms with Gasteiger partial charge in [0.05, 0.1) is 44.5 Å². The van der Waals surface area contributed by atoms with Gasteiger partial charge in [0.15, 0.2) is 0 Å². The molecule has 1 aromatic heterocycles. The molecular formula is C79H50BN3O. The molecule has 13 aromatic carbocycles. The summed E-state index contributed by atoms with van der Waals surface area (Å²) >= 11 is 0. The monoisotopic (exact) mass is 1080 g/mol. The van der Waals surface area contributed by atoms with Crippen LogP contribution in [0.5, 0.6) is 11.5 Å². The summed E-state index contributed by atoms with van der Waals surface area (Å²) in [7, 11) is 0. The predicted molar refractivity (Wildman–Crippen MR) is 348 cm³/mol. The highest BCUT2D eigenvalue weighted by Gasteiger charge is 2.53. The van der Waals surface area contributed by atoms with Crippen LogP contribution in [-0.2, 0) is 5.41 Å². The minimum atomic E-state index is -0.826. The van der Waals surface area contributed by atoms with E-state index in [1.54, 1.807) is 4.57 Å². The maximum Gasteiger partial charge on any atom is 0.252 e. The van der Waals surface area contributed by atoms with Crippen molar-refractivity contribution >= 4 is 79.0 Å². The highest BCUT2D eigenvalue weighted by Crippen LogP contribution is 2.63. The molecule has 14 aromatic rings. The lowest BCUT2D eigenvalue weighted by atomic mass is 9.33. The topological polar surface area (TPSA) is 20.6 Å². The van der Waals surface area contributed by atoms with Crippen molar-refractivity contribution < 1.29 is 15.7 Å². The Morgan fingerprint density at radius 2 is 0.810 bits per heavy atom. The van der Waals surface area contributed by atoms with E-state index in [1.807, 2.05) is 48.5 Å². The van der Waals surface area contributed by atoms with Gasteiger partial charge in [-0.3, -0.25) is 0 Å². The molecular weight excluding hydrogens is 1020 g/mol. The van der Waals surface area contributed by atoms with Crippen molar-refractivity contribution in [3.8, 4) is 61.7 Å². The van der Waals surface area contributed by atoms with Gasteiger partial charge in [-0.2, -0.15) is 0 Å². The van der Waals surface area contributed by atoms with Crippen LogP contribution >= 0.6 is 0 Å². The van der Waals surface area contributed by atoms with E-state index in [4.69, 9.17) is 7.48 Å². The summed E-state index contributed by atoms with van der Waals surface area (Å²) in [6.45, 7) is -0.512. The second-order valence-corrected chi connectivity index (χ2v) is 22.0. The van der Waals surface area contributed by atoms with Crippen molar-refractivity contribution in [2.45, 2.75) is 5.41 Å². The van der Waals surface area contributed by atoms with Gasteiger partial charge in [0, 0.05) is 61.8 Å². The Labute approximate surface area is 499 Å². The lowest BCUT2D eigenvalue weighted by Gasteiger charge is -2.46. The number of hydrogen-bond donors (Lipinski definition) is 0. The number of para-hydroxylation sites is 5. The first kappa shape index (κ1) is 39.5. The van der Waals surface area contributed by atoms with Crippen LogP contribution in [0.4, 0.5) is 34.1 Å². The molecule has 0 N–H and O–H groups in total. The van der Waals surface area contributed by atoms with E-state index < -0.39 is 48.4 Å². The fourth-order valence-corrected chi connectivity index (χ4v) is 14.5. The van der Waals surface area contributed by atoms with Crippen LogP contribution in [0, 0.1) is 0 Å². The Bertz CT molecular complexity index is 5400. The molecule has 0 atom stereocenters. The number of ether oxygens (including phenoxy) is 1. The van der Waals surface area contributed by atoms with Crippen LogP contribution in [0.15, 0.2) is 303 Å². The summed E-state index contributed by atoms with van der Waals surface area (Å²) in [5, 5.41) is -0.00559. The maximum atomic E-state index is 9.84. The fraction of sp³-hybridized carbons (Fsp3) is 0.0127. The quantitative estimate of drug-likeness (QED) is 0.155. The third-order valence-corrected chi connectivity index (χ3v) is 17.9. The summed E-state index contributed by atoms with van der Waals surface area (Å²) in [4.78, 5) is 4.66. The molecule has 18 rings (SSSR count). The summed E-state index contributed by atoms with van der Waals surface area (Å²) in [6, 6.07) is 85.9. The number of fused-ring (bicyclic) bond motifs is 16. The highest BCUT2D eigenvalue weighted by molar-refractivity contribution is 7.00. The molecule has 390 valence electrons. The van der Waals surface area contributed by atoms with Gasteiger partial charge in [0.1, 0.15) is 11.5 Å². The summed E-state index contributed by atoms with van der Waals surface area (Å²) in [5.74, 6) is 1.42. The molecule has 1 spiro atoms. The molecule has 1 aliphatic carbocycles. The van der Waals surface area contributed by atoms with Crippen LogP contribution in [0.25, 0.3) is 72.0 Å². The van der Waals surface area contributed by atoms with Crippen LogP contribution in [0.1, 0.15) is 33.2 Å². The lowest BCUT2D eigenvalue weighted by Crippen LogP contribution is -2.61. The maximum absolute atomic E-state index is 9.84. The second kappa shape index (κ2) is 18.1. The Morgan fingerprint density at radius 1 is 0.333 bits per heavy atom. The van der Waals surface area contributed by atoms with E-state index in [0.29, 0.717) is 11.4 Å². The van der Waals surface area contributed by atoms with Crippen molar-refractivity contribution in [2.75, 3.05) is 9.80 Å². The molecule has 5 heteroatoms. The molecule has 4 aliphatic rings. The molecule has 0 saturated carbocycles. The molecule has 0 radical (unpaired) electrons. The van der Waals surface area contributed by atoms with Crippen LogP contribution in [-0.4, -0.2) is 11.3 Å². The van der Waals surface area contributed by atoms with Gasteiger partial charge >= 0.3 is 0 Å².